The third-order valence-corrected chi connectivity index (χ3v) is 5.21. The predicted molar refractivity (Wildman–Crippen MR) is 95.7 cm³/mol. The van der Waals surface area contributed by atoms with Gasteiger partial charge in [-0.2, -0.15) is 13.5 Å². The lowest BCUT2D eigenvalue weighted by atomic mass is 10.2. The number of benzene rings is 1. The molecule has 1 aliphatic rings. The number of aromatic nitrogens is 2. The molecule has 11 nitrogen and oxygen atoms in total. The van der Waals surface area contributed by atoms with E-state index in [9.17, 15) is 22.8 Å². The van der Waals surface area contributed by atoms with Crippen LogP contribution in [0.15, 0.2) is 35.5 Å². The number of hydrogen-bond donors (Lipinski definition) is 3. The molecule has 0 aliphatic carbocycles. The van der Waals surface area contributed by atoms with Crippen LogP contribution in [-0.4, -0.2) is 54.6 Å². The van der Waals surface area contributed by atoms with Crippen molar-refractivity contribution in [3.63, 3.8) is 0 Å². The number of urea groups is 1. The Morgan fingerprint density at radius 3 is 2.61 bits per heavy atom. The zero-order chi connectivity index (χ0) is 20.3. The van der Waals surface area contributed by atoms with Gasteiger partial charge in [-0.3, -0.25) is 19.5 Å². The first-order valence-electron chi connectivity index (χ1n) is 8.22. The first kappa shape index (κ1) is 19.4. The van der Waals surface area contributed by atoms with E-state index in [-0.39, 0.29) is 36.9 Å². The number of esters is 1. The van der Waals surface area contributed by atoms with Gasteiger partial charge in [-0.05, 0) is 24.6 Å². The Hall–Kier alpha value is -3.41. The highest BCUT2D eigenvalue weighted by Gasteiger charge is 2.28. The van der Waals surface area contributed by atoms with E-state index >= 15 is 0 Å². The minimum Gasteiger partial charge on any atom is -0.462 e. The van der Waals surface area contributed by atoms with E-state index in [1.165, 1.54) is 12.1 Å². The summed E-state index contributed by atoms with van der Waals surface area (Å²) in [7, 11) is -4.11. The van der Waals surface area contributed by atoms with Gasteiger partial charge in [0, 0.05) is 5.69 Å². The van der Waals surface area contributed by atoms with E-state index in [0.717, 1.165) is 11.1 Å². The van der Waals surface area contributed by atoms with Crippen molar-refractivity contribution in [2.45, 2.75) is 18.5 Å². The van der Waals surface area contributed by atoms with Gasteiger partial charge in [0.1, 0.15) is 5.56 Å². The molecule has 1 saturated heterocycles. The van der Waals surface area contributed by atoms with Gasteiger partial charge in [-0.25, -0.2) is 9.59 Å². The molecule has 3 amide bonds. The molecule has 2 aromatic rings. The first-order chi connectivity index (χ1) is 13.3. The van der Waals surface area contributed by atoms with Crippen molar-refractivity contribution in [1.29, 1.82) is 0 Å². The number of nitrogens with one attached hydrogen (secondary N) is 3. The molecule has 3 N–H and O–H groups in total. The zero-order valence-corrected chi connectivity index (χ0v) is 15.6. The average Bonchev–Trinajstić information content (AvgIpc) is 3.26. The molecule has 12 heteroatoms. The summed E-state index contributed by atoms with van der Waals surface area (Å²) >= 11 is 0. The molecule has 1 aromatic carbocycles. The summed E-state index contributed by atoms with van der Waals surface area (Å²) in [6.45, 7) is 1.73. The van der Waals surface area contributed by atoms with Gasteiger partial charge in [0.15, 0.2) is 5.03 Å². The molecule has 0 spiro atoms. The minimum atomic E-state index is -4.11. The van der Waals surface area contributed by atoms with Crippen molar-refractivity contribution in [2.24, 2.45) is 0 Å². The van der Waals surface area contributed by atoms with Crippen LogP contribution in [-0.2, 0) is 26.1 Å². The van der Waals surface area contributed by atoms with Gasteiger partial charge in [-0.15, -0.1) is 0 Å². The van der Waals surface area contributed by atoms with Crippen molar-refractivity contribution in [3.8, 4) is 0 Å². The molecule has 1 aliphatic heterocycles. The Bertz CT molecular complexity index is 998. The number of carbonyl (C=O) groups is 3. The van der Waals surface area contributed by atoms with E-state index in [0.29, 0.717) is 5.56 Å². The standard InChI is InChI=1S/C16H17N5O6S/c1-2-27-15(23)12-7-18-19-14(12)28(25,26)20-11-5-3-10(4-6-11)9-21-13(22)8-17-16(21)24/h3-7,20H,2,8-9H2,1H3,(H,17,24)(H,18,19). The van der Waals surface area contributed by atoms with Gasteiger partial charge in [0.05, 0.1) is 25.9 Å². The second-order valence-electron chi connectivity index (χ2n) is 5.77. The number of anilines is 1. The molecule has 28 heavy (non-hydrogen) atoms. The molecule has 1 aromatic heterocycles. The second kappa shape index (κ2) is 7.68. The summed E-state index contributed by atoms with van der Waals surface area (Å²) < 4.78 is 32.2. The summed E-state index contributed by atoms with van der Waals surface area (Å²) in [4.78, 5) is 36.1. The quantitative estimate of drug-likeness (QED) is 0.445. The maximum Gasteiger partial charge on any atom is 0.342 e. The van der Waals surface area contributed by atoms with Crippen LogP contribution in [0.1, 0.15) is 22.8 Å². The highest BCUT2D eigenvalue weighted by Crippen LogP contribution is 2.19. The monoisotopic (exact) mass is 407 g/mol. The summed E-state index contributed by atoms with van der Waals surface area (Å²) in [5, 5.41) is 7.90. The number of aromatic amines is 1. The molecular weight excluding hydrogens is 390 g/mol. The lowest BCUT2D eigenvalue weighted by Gasteiger charge is -2.13. The molecule has 0 unspecified atom stereocenters. The van der Waals surface area contributed by atoms with Crippen LogP contribution < -0.4 is 10.0 Å². The number of amides is 3. The van der Waals surface area contributed by atoms with Crippen molar-refractivity contribution >= 4 is 33.6 Å². The van der Waals surface area contributed by atoms with E-state index < -0.39 is 27.0 Å². The van der Waals surface area contributed by atoms with Gasteiger partial charge in [0.25, 0.3) is 10.0 Å². The normalized spacial score (nSPS) is 14.1. The maximum absolute atomic E-state index is 12.5. The third-order valence-electron chi connectivity index (χ3n) is 3.85. The van der Waals surface area contributed by atoms with Gasteiger partial charge < -0.3 is 10.1 Å². The second-order valence-corrected chi connectivity index (χ2v) is 7.39. The topological polar surface area (TPSA) is 151 Å². The van der Waals surface area contributed by atoms with Gasteiger partial charge in [-0.1, -0.05) is 12.1 Å². The van der Waals surface area contributed by atoms with Crippen molar-refractivity contribution in [3.05, 3.63) is 41.6 Å². The first-order valence-corrected chi connectivity index (χ1v) is 9.70. The lowest BCUT2D eigenvalue weighted by Crippen LogP contribution is -2.30. The fraction of sp³-hybridized carbons (Fsp3) is 0.250. The molecule has 0 radical (unpaired) electrons. The summed E-state index contributed by atoms with van der Waals surface area (Å²) in [5.74, 6) is -1.14. The number of nitrogens with zero attached hydrogens (tertiary/aromatic N) is 2. The zero-order valence-electron chi connectivity index (χ0n) is 14.8. The van der Waals surface area contributed by atoms with Gasteiger partial charge in [0.2, 0.25) is 5.91 Å². The van der Waals surface area contributed by atoms with Crippen LogP contribution in [0.3, 0.4) is 0 Å². The number of hydrogen-bond acceptors (Lipinski definition) is 7. The fourth-order valence-corrected chi connectivity index (χ4v) is 3.66. The summed E-state index contributed by atoms with van der Waals surface area (Å²) in [6, 6.07) is 5.64. The number of sulfonamides is 1. The molecular formula is C16H17N5O6S. The minimum absolute atomic E-state index is 0.0380. The highest BCUT2D eigenvalue weighted by atomic mass is 32.2. The maximum atomic E-state index is 12.5. The number of ether oxygens (including phenoxy) is 1. The molecule has 148 valence electrons. The Labute approximate surface area is 160 Å². The van der Waals surface area contributed by atoms with E-state index in [1.807, 2.05) is 0 Å². The van der Waals surface area contributed by atoms with Crippen LogP contribution in [0.4, 0.5) is 10.5 Å². The average molecular weight is 407 g/mol. The van der Waals surface area contributed by atoms with Crippen LogP contribution >= 0.6 is 0 Å². The number of H-pyrrole nitrogens is 1. The van der Waals surface area contributed by atoms with E-state index in [1.54, 1.807) is 19.1 Å². The van der Waals surface area contributed by atoms with Crippen LogP contribution in [0, 0.1) is 0 Å². The van der Waals surface area contributed by atoms with Crippen molar-refractivity contribution in [2.75, 3.05) is 17.9 Å². The van der Waals surface area contributed by atoms with Crippen LogP contribution in [0.25, 0.3) is 0 Å². The number of imide groups is 1. The van der Waals surface area contributed by atoms with Gasteiger partial charge >= 0.3 is 12.0 Å². The number of rotatable bonds is 7. The van der Waals surface area contributed by atoms with Crippen LogP contribution in [0.5, 0.6) is 0 Å². The predicted octanol–water partition coefficient (Wildman–Crippen LogP) is 0.439. The molecule has 0 atom stereocenters. The summed E-state index contributed by atoms with van der Waals surface area (Å²) in [5.41, 5.74) is 0.664. The Morgan fingerprint density at radius 1 is 1.29 bits per heavy atom. The van der Waals surface area contributed by atoms with Crippen molar-refractivity contribution in [1.82, 2.24) is 20.4 Å². The lowest BCUT2D eigenvalue weighted by molar-refractivity contribution is -0.125. The Morgan fingerprint density at radius 2 is 2.00 bits per heavy atom. The van der Waals surface area contributed by atoms with Crippen molar-refractivity contribution < 1.29 is 27.5 Å². The van der Waals surface area contributed by atoms with E-state index in [2.05, 4.69) is 20.2 Å². The molecule has 2 heterocycles. The SMILES string of the molecule is CCOC(=O)c1cn[nH]c1S(=O)(=O)Nc1ccc(CN2C(=O)CNC2=O)cc1. The summed E-state index contributed by atoms with van der Waals surface area (Å²) in [6.07, 6.45) is 1.08. The molecule has 1 fully saturated rings. The van der Waals surface area contributed by atoms with Crippen LogP contribution in [0.2, 0.25) is 0 Å². The third kappa shape index (κ3) is 3.96. The highest BCUT2D eigenvalue weighted by molar-refractivity contribution is 7.92. The Kier molecular flexibility index (Phi) is 5.31. The largest absolute Gasteiger partial charge is 0.462 e. The molecule has 3 rings (SSSR count). The van der Waals surface area contributed by atoms with E-state index in [4.69, 9.17) is 4.74 Å². The smallest absolute Gasteiger partial charge is 0.342 e. The molecule has 0 saturated carbocycles. The fourth-order valence-electron chi connectivity index (χ4n) is 2.52. The Balaban J connectivity index is 1.73. The number of carbonyl (C=O) groups excluding carboxylic acids is 3. The molecule has 0 bridgehead atoms.